The lowest BCUT2D eigenvalue weighted by Crippen LogP contribution is -2.13. The van der Waals surface area contributed by atoms with Crippen LogP contribution in [0.4, 0.5) is 14.5 Å². The summed E-state index contributed by atoms with van der Waals surface area (Å²) in [5.41, 5.74) is 0.407. The van der Waals surface area contributed by atoms with E-state index in [1.165, 1.54) is 31.4 Å². The monoisotopic (exact) mass is 367 g/mol. The molecule has 0 unspecified atom stereocenters. The third-order valence-corrected chi connectivity index (χ3v) is 4.87. The van der Waals surface area contributed by atoms with Crippen LogP contribution in [0, 0.1) is 11.6 Å². The number of hydrogen-bond acceptors (Lipinski definition) is 3. The Kier molecular flexibility index (Phi) is 4.80. The number of carbonyl (C=O) groups excluding carboxylic acids is 1. The Bertz CT molecular complexity index is 926. The first-order valence-corrected chi connectivity index (χ1v) is 8.16. The minimum absolute atomic E-state index is 0.0335. The average molecular weight is 368 g/mol. The molecule has 0 saturated heterocycles. The fourth-order valence-corrected chi connectivity index (χ4v) is 3.69. The summed E-state index contributed by atoms with van der Waals surface area (Å²) in [7, 11) is 1.46. The zero-order valence-corrected chi connectivity index (χ0v) is 14.1. The van der Waals surface area contributed by atoms with Crippen LogP contribution < -0.4 is 5.32 Å². The summed E-state index contributed by atoms with van der Waals surface area (Å²) in [6, 6.07) is 8.49. The molecule has 0 atom stereocenters. The number of anilines is 1. The molecule has 0 fully saturated rings. The van der Waals surface area contributed by atoms with Gasteiger partial charge in [0.25, 0.3) is 5.91 Å². The number of carbonyl (C=O) groups is 1. The number of rotatable bonds is 4. The van der Waals surface area contributed by atoms with Crippen molar-refractivity contribution in [3.8, 4) is 0 Å². The van der Waals surface area contributed by atoms with Crippen LogP contribution in [0.1, 0.15) is 15.2 Å². The molecule has 1 N–H and O–H groups in total. The van der Waals surface area contributed by atoms with Crippen molar-refractivity contribution < 1.29 is 18.3 Å². The number of nitrogens with one attached hydrogen (secondary N) is 1. The maximum atomic E-state index is 14.1. The lowest BCUT2D eigenvalue weighted by Gasteiger charge is -2.07. The Hall–Kier alpha value is -2.02. The third kappa shape index (κ3) is 3.13. The van der Waals surface area contributed by atoms with Gasteiger partial charge in [0.05, 0.1) is 17.2 Å². The predicted molar refractivity (Wildman–Crippen MR) is 91.9 cm³/mol. The zero-order chi connectivity index (χ0) is 17.3. The third-order valence-electron chi connectivity index (χ3n) is 3.43. The summed E-state index contributed by atoms with van der Waals surface area (Å²) in [5, 5.41) is 3.13. The summed E-state index contributed by atoms with van der Waals surface area (Å²) in [6.45, 7) is 0.0711. The van der Waals surface area contributed by atoms with Gasteiger partial charge < -0.3 is 10.1 Å². The van der Waals surface area contributed by atoms with E-state index in [2.05, 4.69) is 5.32 Å². The number of thiophene rings is 1. The molecule has 3 nitrogen and oxygen atoms in total. The molecule has 0 radical (unpaired) electrons. The van der Waals surface area contributed by atoms with E-state index in [0.29, 0.717) is 20.7 Å². The maximum absolute atomic E-state index is 14.1. The lowest BCUT2D eigenvalue weighted by molar-refractivity contribution is 0.102. The molecule has 0 spiro atoms. The van der Waals surface area contributed by atoms with Crippen LogP contribution in [0.5, 0.6) is 0 Å². The standard InChI is InChI=1S/C17H12ClF2NO2S/c1-23-8-10-15-12(20)3-2-4-14(15)24-16(10)17(22)21-13-7-9(18)5-6-11(13)19/h2-7H,8H2,1H3,(H,21,22). The maximum Gasteiger partial charge on any atom is 0.266 e. The Balaban J connectivity index is 2.05. The Morgan fingerprint density at radius 3 is 2.79 bits per heavy atom. The number of ether oxygens (including phenoxy) is 1. The zero-order valence-electron chi connectivity index (χ0n) is 12.5. The van der Waals surface area contributed by atoms with Crippen molar-refractivity contribution in [1.29, 1.82) is 0 Å². The molecule has 7 heteroatoms. The predicted octanol–water partition coefficient (Wildman–Crippen LogP) is 5.23. The smallest absolute Gasteiger partial charge is 0.266 e. The first-order valence-electron chi connectivity index (χ1n) is 6.96. The van der Waals surface area contributed by atoms with Crippen molar-refractivity contribution in [3.05, 3.63) is 63.5 Å². The average Bonchev–Trinajstić information content (AvgIpc) is 2.91. The molecule has 0 saturated carbocycles. The number of halogens is 3. The molecule has 24 heavy (non-hydrogen) atoms. The molecule has 2 aromatic carbocycles. The molecule has 1 heterocycles. The molecule has 0 aliphatic heterocycles. The minimum Gasteiger partial charge on any atom is -0.380 e. The largest absolute Gasteiger partial charge is 0.380 e. The van der Waals surface area contributed by atoms with Crippen LogP contribution in [0.3, 0.4) is 0 Å². The second kappa shape index (κ2) is 6.84. The fourth-order valence-electron chi connectivity index (χ4n) is 2.41. The number of methoxy groups -OCH3 is 1. The highest BCUT2D eigenvalue weighted by atomic mass is 35.5. The van der Waals surface area contributed by atoms with E-state index in [9.17, 15) is 13.6 Å². The van der Waals surface area contributed by atoms with Crippen LogP contribution in [-0.2, 0) is 11.3 Å². The van der Waals surface area contributed by atoms with Crippen molar-refractivity contribution in [2.45, 2.75) is 6.61 Å². The molecule has 0 bridgehead atoms. The molecule has 3 rings (SSSR count). The van der Waals surface area contributed by atoms with Gasteiger partial charge in [-0.25, -0.2) is 8.78 Å². The fraction of sp³-hybridized carbons (Fsp3) is 0.118. The SMILES string of the molecule is COCc1c(C(=O)Nc2cc(Cl)ccc2F)sc2cccc(F)c12. The molecule has 0 aliphatic carbocycles. The number of hydrogen-bond donors (Lipinski definition) is 1. The van der Waals surface area contributed by atoms with Crippen LogP contribution in [0.25, 0.3) is 10.1 Å². The normalized spacial score (nSPS) is 11.0. The molecule has 1 aromatic heterocycles. The molecule has 1 amide bonds. The van der Waals surface area contributed by atoms with Gasteiger partial charge >= 0.3 is 0 Å². The van der Waals surface area contributed by atoms with Crippen LogP contribution in [-0.4, -0.2) is 13.0 Å². The van der Waals surface area contributed by atoms with E-state index in [4.69, 9.17) is 16.3 Å². The molecular formula is C17H12ClF2NO2S. The highest BCUT2D eigenvalue weighted by Crippen LogP contribution is 2.34. The van der Waals surface area contributed by atoms with Crippen molar-refractivity contribution in [3.63, 3.8) is 0 Å². The van der Waals surface area contributed by atoms with Gasteiger partial charge in [0.1, 0.15) is 11.6 Å². The second-order valence-corrected chi connectivity index (χ2v) is 6.52. The number of benzene rings is 2. The van der Waals surface area contributed by atoms with Crippen LogP contribution >= 0.6 is 22.9 Å². The van der Waals surface area contributed by atoms with E-state index in [0.717, 1.165) is 11.3 Å². The first-order chi connectivity index (χ1) is 11.5. The van der Waals surface area contributed by atoms with Gasteiger partial charge in [0, 0.05) is 27.8 Å². The molecular weight excluding hydrogens is 356 g/mol. The van der Waals surface area contributed by atoms with Crippen molar-refractivity contribution in [1.82, 2.24) is 0 Å². The Labute approximate surface area is 145 Å². The van der Waals surface area contributed by atoms with Gasteiger partial charge in [-0.05, 0) is 30.3 Å². The van der Waals surface area contributed by atoms with Crippen molar-refractivity contribution >= 4 is 44.6 Å². The van der Waals surface area contributed by atoms with Crippen LogP contribution in [0.15, 0.2) is 36.4 Å². The number of fused-ring (bicyclic) bond motifs is 1. The highest BCUT2D eigenvalue weighted by Gasteiger charge is 2.21. The summed E-state index contributed by atoms with van der Waals surface area (Å²) in [5.74, 6) is -1.57. The lowest BCUT2D eigenvalue weighted by atomic mass is 10.1. The van der Waals surface area contributed by atoms with E-state index >= 15 is 0 Å². The van der Waals surface area contributed by atoms with Gasteiger partial charge in [0.2, 0.25) is 0 Å². The highest BCUT2D eigenvalue weighted by molar-refractivity contribution is 7.21. The molecule has 124 valence electrons. The van der Waals surface area contributed by atoms with Gasteiger partial charge in [-0.2, -0.15) is 0 Å². The van der Waals surface area contributed by atoms with E-state index in [1.54, 1.807) is 12.1 Å². The summed E-state index contributed by atoms with van der Waals surface area (Å²) in [6.07, 6.45) is 0. The first kappa shape index (κ1) is 16.8. The van der Waals surface area contributed by atoms with Crippen LogP contribution in [0.2, 0.25) is 5.02 Å². The quantitative estimate of drug-likeness (QED) is 0.685. The summed E-state index contributed by atoms with van der Waals surface area (Å²) < 4.78 is 33.7. The molecule has 0 aliphatic rings. The minimum atomic E-state index is -0.603. The summed E-state index contributed by atoms with van der Waals surface area (Å²) in [4.78, 5) is 12.8. The Morgan fingerprint density at radius 1 is 1.25 bits per heavy atom. The van der Waals surface area contributed by atoms with E-state index < -0.39 is 17.5 Å². The van der Waals surface area contributed by atoms with Crippen molar-refractivity contribution in [2.24, 2.45) is 0 Å². The van der Waals surface area contributed by atoms with Gasteiger partial charge in [-0.3, -0.25) is 4.79 Å². The van der Waals surface area contributed by atoms with Gasteiger partial charge in [-0.1, -0.05) is 17.7 Å². The van der Waals surface area contributed by atoms with Crippen molar-refractivity contribution in [2.75, 3.05) is 12.4 Å². The van der Waals surface area contributed by atoms with Gasteiger partial charge in [0.15, 0.2) is 0 Å². The number of amides is 1. The van der Waals surface area contributed by atoms with E-state index in [-0.39, 0.29) is 17.2 Å². The Morgan fingerprint density at radius 2 is 2.04 bits per heavy atom. The van der Waals surface area contributed by atoms with Gasteiger partial charge in [-0.15, -0.1) is 11.3 Å². The van der Waals surface area contributed by atoms with E-state index in [1.807, 2.05) is 0 Å². The topological polar surface area (TPSA) is 38.3 Å². The summed E-state index contributed by atoms with van der Waals surface area (Å²) >= 11 is 6.96. The second-order valence-electron chi connectivity index (χ2n) is 5.03. The molecule has 3 aromatic rings.